The predicted octanol–water partition coefficient (Wildman–Crippen LogP) is 0.891. The third-order valence-corrected chi connectivity index (χ3v) is 3.12. The number of benzene rings is 1. The van der Waals surface area contributed by atoms with Crippen LogP contribution in [0.15, 0.2) is 18.2 Å². The molecule has 3 N–H and O–H groups in total. The molecule has 0 atom stereocenters. The summed E-state index contributed by atoms with van der Waals surface area (Å²) in [6, 6.07) is 5.35. The second-order valence-electron chi connectivity index (χ2n) is 4.19. The van der Waals surface area contributed by atoms with Crippen molar-refractivity contribution in [2.75, 3.05) is 19.6 Å². The van der Waals surface area contributed by atoms with E-state index in [9.17, 15) is 10.2 Å². The Morgan fingerprint density at radius 3 is 2.62 bits per heavy atom. The fraction of sp³-hybridized carbons (Fsp3) is 0.500. The maximum Gasteiger partial charge on any atom is 0.123 e. The lowest BCUT2D eigenvalue weighted by Crippen LogP contribution is -2.56. The summed E-state index contributed by atoms with van der Waals surface area (Å²) in [5.74, 6) is 0.278. The Bertz CT molecular complexity index is 364. The highest BCUT2D eigenvalue weighted by atomic mass is 16.3. The molecule has 1 aliphatic rings. The number of rotatable bonds is 4. The summed E-state index contributed by atoms with van der Waals surface area (Å²) >= 11 is 0. The minimum absolute atomic E-state index is 0.106. The van der Waals surface area contributed by atoms with Crippen molar-refractivity contribution >= 4 is 0 Å². The minimum atomic E-state index is 0.106. The van der Waals surface area contributed by atoms with Crippen molar-refractivity contribution in [1.29, 1.82) is 0 Å². The summed E-state index contributed by atoms with van der Waals surface area (Å²) in [7, 11) is 0. The van der Waals surface area contributed by atoms with Crippen LogP contribution in [-0.2, 0) is 6.54 Å². The first-order valence-electron chi connectivity index (χ1n) is 5.66. The molecular weight excluding hydrogens is 204 g/mol. The quantitative estimate of drug-likeness (QED) is 0.708. The highest BCUT2D eigenvalue weighted by Gasteiger charge is 2.23. The summed E-state index contributed by atoms with van der Waals surface area (Å²) in [6.45, 7) is 5.86. The second-order valence-corrected chi connectivity index (χ2v) is 4.19. The van der Waals surface area contributed by atoms with E-state index in [-0.39, 0.29) is 11.5 Å². The Morgan fingerprint density at radius 1 is 1.38 bits per heavy atom. The van der Waals surface area contributed by atoms with E-state index in [1.165, 1.54) is 6.07 Å². The molecule has 0 unspecified atom stereocenters. The molecule has 1 aliphatic heterocycles. The van der Waals surface area contributed by atoms with Gasteiger partial charge in [-0.25, -0.2) is 0 Å². The predicted molar refractivity (Wildman–Crippen MR) is 62.5 cm³/mol. The van der Waals surface area contributed by atoms with Crippen LogP contribution < -0.4 is 5.32 Å². The second kappa shape index (κ2) is 4.72. The molecule has 4 heteroatoms. The van der Waals surface area contributed by atoms with E-state index in [2.05, 4.69) is 17.1 Å². The Balaban J connectivity index is 2.06. The van der Waals surface area contributed by atoms with Crippen molar-refractivity contribution in [1.82, 2.24) is 10.2 Å². The molecule has 0 saturated carbocycles. The Kier molecular flexibility index (Phi) is 3.31. The van der Waals surface area contributed by atoms with Gasteiger partial charge >= 0.3 is 0 Å². The van der Waals surface area contributed by atoms with Crippen LogP contribution in [-0.4, -0.2) is 40.8 Å². The fourth-order valence-corrected chi connectivity index (χ4v) is 1.94. The lowest BCUT2D eigenvalue weighted by atomic mass is 10.1. The maximum atomic E-state index is 9.71. The van der Waals surface area contributed by atoms with Gasteiger partial charge in [-0.3, -0.25) is 4.90 Å². The number of likely N-dealkylation sites (N-methyl/N-ethyl adjacent to an activating group) is 1. The molecule has 88 valence electrons. The summed E-state index contributed by atoms with van der Waals surface area (Å²) in [5.41, 5.74) is 0.867. The normalized spacial score (nSPS) is 16.4. The van der Waals surface area contributed by atoms with Crippen LogP contribution in [0.5, 0.6) is 11.5 Å². The molecule has 16 heavy (non-hydrogen) atoms. The van der Waals surface area contributed by atoms with Gasteiger partial charge in [-0.05, 0) is 12.6 Å². The average molecular weight is 222 g/mol. The van der Waals surface area contributed by atoms with Gasteiger partial charge in [0.2, 0.25) is 0 Å². The number of nitrogens with one attached hydrogen (secondary N) is 1. The zero-order valence-corrected chi connectivity index (χ0v) is 9.48. The van der Waals surface area contributed by atoms with E-state index >= 15 is 0 Å². The van der Waals surface area contributed by atoms with Crippen LogP contribution in [0.2, 0.25) is 0 Å². The third-order valence-electron chi connectivity index (χ3n) is 3.12. The van der Waals surface area contributed by atoms with Crippen LogP contribution in [0, 0.1) is 0 Å². The maximum absolute atomic E-state index is 9.71. The summed E-state index contributed by atoms with van der Waals surface area (Å²) < 4.78 is 0. The SMILES string of the molecule is CCN(Cc1ccc(O)cc1O)C1CNC1. The van der Waals surface area contributed by atoms with E-state index < -0.39 is 0 Å². The van der Waals surface area contributed by atoms with Gasteiger partial charge in [-0.15, -0.1) is 0 Å². The van der Waals surface area contributed by atoms with Gasteiger partial charge in [0.1, 0.15) is 11.5 Å². The van der Waals surface area contributed by atoms with Crippen molar-refractivity contribution < 1.29 is 10.2 Å². The van der Waals surface area contributed by atoms with Gasteiger partial charge in [0.05, 0.1) is 0 Å². The molecule has 2 rings (SSSR count). The molecule has 0 bridgehead atoms. The first kappa shape index (κ1) is 11.2. The third kappa shape index (κ3) is 2.28. The molecule has 0 radical (unpaired) electrons. The van der Waals surface area contributed by atoms with Gasteiger partial charge in [0.25, 0.3) is 0 Å². The summed E-state index contributed by atoms with van der Waals surface area (Å²) in [6.07, 6.45) is 0. The number of hydrogen-bond donors (Lipinski definition) is 3. The number of phenols is 2. The van der Waals surface area contributed by atoms with Gasteiger partial charge in [0, 0.05) is 37.3 Å². The molecule has 0 aliphatic carbocycles. The molecule has 0 aromatic heterocycles. The number of nitrogens with zero attached hydrogens (tertiary/aromatic N) is 1. The summed E-state index contributed by atoms with van der Waals surface area (Å²) in [5, 5.41) is 22.2. The lowest BCUT2D eigenvalue weighted by Gasteiger charge is -2.37. The van der Waals surface area contributed by atoms with Gasteiger partial charge in [-0.1, -0.05) is 13.0 Å². The molecule has 1 saturated heterocycles. The first-order valence-corrected chi connectivity index (χ1v) is 5.66. The average Bonchev–Trinajstić information content (AvgIpc) is 2.18. The Hall–Kier alpha value is -1.26. The Labute approximate surface area is 95.5 Å². The van der Waals surface area contributed by atoms with Crippen LogP contribution in [0.1, 0.15) is 12.5 Å². The fourth-order valence-electron chi connectivity index (χ4n) is 1.94. The number of hydrogen-bond acceptors (Lipinski definition) is 4. The largest absolute Gasteiger partial charge is 0.508 e. The monoisotopic (exact) mass is 222 g/mol. The van der Waals surface area contributed by atoms with Gasteiger partial charge < -0.3 is 15.5 Å². The first-order chi connectivity index (χ1) is 7.70. The molecule has 4 nitrogen and oxygen atoms in total. The Morgan fingerprint density at radius 2 is 2.12 bits per heavy atom. The molecule has 1 heterocycles. The summed E-state index contributed by atoms with van der Waals surface area (Å²) in [4.78, 5) is 2.32. The van der Waals surface area contributed by atoms with Gasteiger partial charge in [-0.2, -0.15) is 0 Å². The lowest BCUT2D eigenvalue weighted by molar-refractivity contribution is 0.144. The van der Waals surface area contributed by atoms with Crippen LogP contribution >= 0.6 is 0 Å². The van der Waals surface area contributed by atoms with E-state index in [1.54, 1.807) is 12.1 Å². The molecule has 0 spiro atoms. The standard InChI is InChI=1S/C12H18N2O2/c1-2-14(10-6-13-7-10)8-9-3-4-11(15)5-12(9)16/h3-5,10,13,15-16H,2,6-8H2,1H3. The van der Waals surface area contributed by atoms with Crippen LogP contribution in [0.4, 0.5) is 0 Å². The van der Waals surface area contributed by atoms with Gasteiger partial charge in [0.15, 0.2) is 0 Å². The van der Waals surface area contributed by atoms with E-state index in [0.717, 1.165) is 31.7 Å². The van der Waals surface area contributed by atoms with E-state index in [4.69, 9.17) is 0 Å². The van der Waals surface area contributed by atoms with Crippen molar-refractivity contribution in [2.24, 2.45) is 0 Å². The highest BCUT2D eigenvalue weighted by Crippen LogP contribution is 2.24. The molecule has 0 amide bonds. The van der Waals surface area contributed by atoms with E-state index in [1.807, 2.05) is 0 Å². The zero-order valence-electron chi connectivity index (χ0n) is 9.48. The topological polar surface area (TPSA) is 55.7 Å². The minimum Gasteiger partial charge on any atom is -0.508 e. The van der Waals surface area contributed by atoms with Crippen molar-refractivity contribution in [3.8, 4) is 11.5 Å². The zero-order chi connectivity index (χ0) is 11.5. The molecule has 1 aromatic carbocycles. The van der Waals surface area contributed by atoms with Crippen LogP contribution in [0.25, 0.3) is 0 Å². The van der Waals surface area contributed by atoms with E-state index in [0.29, 0.717) is 6.04 Å². The van der Waals surface area contributed by atoms with Crippen molar-refractivity contribution in [3.63, 3.8) is 0 Å². The highest BCUT2D eigenvalue weighted by molar-refractivity contribution is 5.38. The molecular formula is C12H18N2O2. The smallest absolute Gasteiger partial charge is 0.123 e. The van der Waals surface area contributed by atoms with Crippen molar-refractivity contribution in [2.45, 2.75) is 19.5 Å². The number of phenolic OH excluding ortho intramolecular Hbond substituents is 2. The number of aromatic hydroxyl groups is 2. The molecule has 1 fully saturated rings. The molecule has 1 aromatic rings. The van der Waals surface area contributed by atoms with Crippen molar-refractivity contribution in [3.05, 3.63) is 23.8 Å². The van der Waals surface area contributed by atoms with Crippen LogP contribution in [0.3, 0.4) is 0 Å².